The SMILES string of the molecule is COc1cc(OC)c(Cl)c(-c2cc3cnc(S(C)=O)nc3n(CCc3ccc(NC(=O)OC(C)(C)C)c[n+]3[O-])c2=O)c1Cl. The van der Waals surface area contributed by atoms with E-state index in [1.807, 2.05) is 0 Å². The van der Waals surface area contributed by atoms with Gasteiger partial charge in [-0.15, -0.1) is 0 Å². The molecule has 43 heavy (non-hydrogen) atoms. The van der Waals surface area contributed by atoms with Gasteiger partial charge < -0.3 is 19.4 Å². The number of methoxy groups -OCH3 is 2. The predicted molar refractivity (Wildman–Crippen MR) is 164 cm³/mol. The topological polar surface area (TPSA) is 149 Å². The van der Waals surface area contributed by atoms with Crippen molar-refractivity contribution in [2.45, 2.75) is 44.5 Å². The smallest absolute Gasteiger partial charge is 0.412 e. The second-order valence-electron chi connectivity index (χ2n) is 10.3. The number of pyridine rings is 2. The summed E-state index contributed by atoms with van der Waals surface area (Å²) in [5.41, 5.74) is -0.208. The number of carbonyl (C=O) groups is 1. The van der Waals surface area contributed by atoms with E-state index in [0.717, 1.165) is 0 Å². The van der Waals surface area contributed by atoms with Crippen LogP contribution in [-0.2, 0) is 28.5 Å². The molecule has 4 aromatic rings. The number of nitrogens with one attached hydrogen (secondary N) is 1. The minimum atomic E-state index is -1.53. The number of carbonyl (C=O) groups excluding carboxylic acids is 1. The third-order valence-electron chi connectivity index (χ3n) is 6.14. The van der Waals surface area contributed by atoms with E-state index < -0.39 is 28.1 Å². The molecule has 1 N–H and O–H groups in total. The van der Waals surface area contributed by atoms with Crippen LogP contribution in [0, 0.1) is 5.21 Å². The van der Waals surface area contributed by atoms with Crippen molar-refractivity contribution in [2.75, 3.05) is 25.8 Å². The quantitative estimate of drug-likeness (QED) is 0.162. The Hall–Kier alpha value is -3.94. The molecule has 1 unspecified atom stereocenters. The molecule has 12 nitrogen and oxygen atoms in total. The molecule has 1 amide bonds. The molecule has 0 aliphatic rings. The molecule has 0 saturated heterocycles. The number of aryl methyl sites for hydroxylation is 2. The number of hydrogen-bond donors (Lipinski definition) is 1. The Bertz CT molecular complexity index is 1780. The fraction of sp³-hybridized carbons (Fsp3) is 0.321. The lowest BCUT2D eigenvalue weighted by molar-refractivity contribution is -0.613. The van der Waals surface area contributed by atoms with Gasteiger partial charge in [0.05, 0.1) is 47.0 Å². The molecule has 0 saturated carbocycles. The van der Waals surface area contributed by atoms with Gasteiger partial charge in [0.25, 0.3) is 5.56 Å². The largest absolute Gasteiger partial charge is 0.618 e. The van der Waals surface area contributed by atoms with Crippen molar-refractivity contribution in [2.24, 2.45) is 0 Å². The number of anilines is 1. The average Bonchev–Trinajstić information content (AvgIpc) is 2.92. The van der Waals surface area contributed by atoms with Gasteiger partial charge in [-0.1, -0.05) is 23.2 Å². The number of nitrogens with zero attached hydrogens (tertiary/aromatic N) is 4. The van der Waals surface area contributed by atoms with E-state index in [0.29, 0.717) is 15.8 Å². The molecular formula is C28H29Cl2N5O7S. The van der Waals surface area contributed by atoms with Crippen molar-refractivity contribution in [3.8, 4) is 22.6 Å². The summed E-state index contributed by atoms with van der Waals surface area (Å²) >= 11 is 13.3. The van der Waals surface area contributed by atoms with E-state index in [-0.39, 0.29) is 62.1 Å². The lowest BCUT2D eigenvalue weighted by atomic mass is 10.0. The molecule has 0 radical (unpaired) electrons. The Balaban J connectivity index is 1.80. The van der Waals surface area contributed by atoms with Crippen LogP contribution >= 0.6 is 23.2 Å². The number of halogens is 2. The maximum atomic E-state index is 14.0. The summed E-state index contributed by atoms with van der Waals surface area (Å²) in [6, 6.07) is 6.12. The van der Waals surface area contributed by atoms with Crippen LogP contribution in [0.5, 0.6) is 11.5 Å². The van der Waals surface area contributed by atoms with E-state index in [1.54, 1.807) is 26.8 Å². The van der Waals surface area contributed by atoms with Crippen LogP contribution in [0.1, 0.15) is 26.5 Å². The van der Waals surface area contributed by atoms with Gasteiger partial charge in [0, 0.05) is 42.1 Å². The van der Waals surface area contributed by atoms with Crippen molar-refractivity contribution in [1.29, 1.82) is 0 Å². The summed E-state index contributed by atoms with van der Waals surface area (Å²) in [5, 5.41) is 16.0. The Kier molecular flexibility index (Phi) is 9.47. The summed E-state index contributed by atoms with van der Waals surface area (Å²) in [5.74, 6) is 0.480. The zero-order valence-corrected chi connectivity index (χ0v) is 26.5. The van der Waals surface area contributed by atoms with Gasteiger partial charge in [0.2, 0.25) is 11.4 Å². The summed E-state index contributed by atoms with van der Waals surface area (Å²) in [4.78, 5) is 34.7. The maximum Gasteiger partial charge on any atom is 0.412 e. The van der Waals surface area contributed by atoms with Gasteiger partial charge in [0.15, 0.2) is 5.69 Å². The van der Waals surface area contributed by atoms with Gasteiger partial charge in [-0.25, -0.2) is 14.8 Å². The third kappa shape index (κ3) is 7.00. The van der Waals surface area contributed by atoms with Crippen molar-refractivity contribution in [3.05, 3.63) is 68.0 Å². The molecule has 15 heteroatoms. The zero-order valence-electron chi connectivity index (χ0n) is 24.2. The number of ether oxygens (including phenoxy) is 3. The monoisotopic (exact) mass is 649 g/mol. The van der Waals surface area contributed by atoms with E-state index in [9.17, 15) is 19.0 Å². The molecule has 3 aromatic heterocycles. The fourth-order valence-electron chi connectivity index (χ4n) is 4.22. The standard InChI is InChI=1S/C28H29Cl2N5O7S/c1-28(2,3)42-27(37)32-16-7-8-17(35(38)14-16)9-10-34-24-15(13-31-26(33-24)43(6)39)11-18(25(34)36)21-22(29)19(40-4)12-20(41-5)23(21)30/h7-8,11-14H,9-10H2,1-6H3,(H,32,37). The van der Waals surface area contributed by atoms with Crippen LogP contribution in [0.15, 0.2) is 46.6 Å². The highest BCUT2D eigenvalue weighted by Crippen LogP contribution is 2.45. The van der Waals surface area contributed by atoms with Crippen LogP contribution in [-0.4, -0.2) is 50.9 Å². The van der Waals surface area contributed by atoms with Gasteiger partial charge in [-0.05, 0) is 32.9 Å². The molecule has 228 valence electrons. The third-order valence-corrected chi connectivity index (χ3v) is 7.60. The molecule has 1 atom stereocenters. The Labute approximate surface area is 259 Å². The first-order valence-electron chi connectivity index (χ1n) is 12.8. The number of hydrogen-bond acceptors (Lipinski definition) is 9. The zero-order chi connectivity index (χ0) is 31.6. The Morgan fingerprint density at radius 1 is 1.14 bits per heavy atom. The van der Waals surface area contributed by atoms with Gasteiger partial charge in [-0.2, -0.15) is 4.73 Å². The summed E-state index contributed by atoms with van der Waals surface area (Å²) in [6.07, 6.45) is 3.45. The van der Waals surface area contributed by atoms with Crippen molar-refractivity contribution < 1.29 is 27.9 Å². The second kappa shape index (κ2) is 12.7. The van der Waals surface area contributed by atoms with Gasteiger partial charge in [-0.3, -0.25) is 18.9 Å². The van der Waals surface area contributed by atoms with Gasteiger partial charge in [0.1, 0.15) is 28.4 Å². The molecule has 3 heterocycles. The van der Waals surface area contributed by atoms with E-state index >= 15 is 0 Å². The Morgan fingerprint density at radius 2 is 1.79 bits per heavy atom. The number of fused-ring (bicyclic) bond motifs is 1. The minimum Gasteiger partial charge on any atom is -0.618 e. The van der Waals surface area contributed by atoms with E-state index in [4.69, 9.17) is 37.4 Å². The molecule has 0 fully saturated rings. The average molecular weight is 651 g/mol. The van der Waals surface area contributed by atoms with Crippen molar-refractivity contribution >= 4 is 56.8 Å². The number of rotatable bonds is 8. The van der Waals surface area contributed by atoms with E-state index in [1.165, 1.54) is 55.6 Å². The fourth-order valence-corrected chi connectivity index (χ4v) is 5.34. The normalized spacial score (nSPS) is 12.2. The second-order valence-corrected chi connectivity index (χ2v) is 12.3. The summed E-state index contributed by atoms with van der Waals surface area (Å²) in [7, 11) is 1.31. The molecule has 4 rings (SSSR count). The summed E-state index contributed by atoms with van der Waals surface area (Å²) < 4.78 is 30.1. The van der Waals surface area contributed by atoms with Crippen LogP contribution in [0.2, 0.25) is 10.0 Å². The molecule has 0 aliphatic heterocycles. The highest BCUT2D eigenvalue weighted by Gasteiger charge is 2.24. The predicted octanol–water partition coefficient (Wildman–Crippen LogP) is 4.74. The highest BCUT2D eigenvalue weighted by atomic mass is 35.5. The lowest BCUT2D eigenvalue weighted by Gasteiger charge is -2.19. The molecular weight excluding hydrogens is 621 g/mol. The molecule has 1 aromatic carbocycles. The molecule has 0 aliphatic carbocycles. The van der Waals surface area contributed by atoms with Gasteiger partial charge >= 0.3 is 6.09 Å². The Morgan fingerprint density at radius 3 is 2.35 bits per heavy atom. The first-order chi connectivity index (χ1) is 20.2. The highest BCUT2D eigenvalue weighted by molar-refractivity contribution is 7.84. The first-order valence-corrected chi connectivity index (χ1v) is 15.1. The first kappa shape index (κ1) is 32.0. The van der Waals surface area contributed by atoms with Crippen LogP contribution in [0.25, 0.3) is 22.2 Å². The molecule has 0 bridgehead atoms. The van der Waals surface area contributed by atoms with Crippen LogP contribution in [0.4, 0.5) is 10.5 Å². The minimum absolute atomic E-state index is 0.00655. The van der Waals surface area contributed by atoms with Crippen LogP contribution < -0.4 is 25.1 Å². The van der Waals surface area contributed by atoms with Crippen molar-refractivity contribution in [3.63, 3.8) is 0 Å². The number of aromatic nitrogens is 4. The molecule has 0 spiro atoms. The lowest BCUT2D eigenvalue weighted by Crippen LogP contribution is -2.34. The number of amides is 1. The summed E-state index contributed by atoms with van der Waals surface area (Å²) in [6.45, 7) is 5.17. The van der Waals surface area contributed by atoms with Crippen molar-refractivity contribution in [1.82, 2.24) is 14.5 Å². The van der Waals surface area contributed by atoms with E-state index in [2.05, 4.69) is 15.3 Å². The number of benzene rings is 1. The van der Waals surface area contributed by atoms with Crippen LogP contribution in [0.3, 0.4) is 0 Å². The maximum absolute atomic E-state index is 14.0.